The highest BCUT2D eigenvalue weighted by Gasteiger charge is 2.05. The van der Waals surface area contributed by atoms with Gasteiger partial charge in [0.25, 0.3) is 0 Å². The van der Waals surface area contributed by atoms with Gasteiger partial charge in [-0.05, 0) is 13.0 Å². The normalized spacial score (nSPS) is 11.8. The van der Waals surface area contributed by atoms with Crippen LogP contribution in [0.4, 0.5) is 0 Å². The maximum Gasteiger partial charge on any atom is 0.124 e. The fourth-order valence-electron chi connectivity index (χ4n) is 1.21. The lowest BCUT2D eigenvalue weighted by Gasteiger charge is -2.12. The SMILES string of the molecule is C#CCCOc1ccccc1[C@@H](C)N. The molecule has 2 N–H and O–H groups in total. The molecule has 0 aromatic heterocycles. The molecule has 0 bridgehead atoms. The smallest absolute Gasteiger partial charge is 0.124 e. The molecule has 1 aromatic rings. The van der Waals surface area contributed by atoms with Crippen molar-refractivity contribution in [2.24, 2.45) is 5.73 Å². The summed E-state index contributed by atoms with van der Waals surface area (Å²) in [7, 11) is 0. The lowest BCUT2D eigenvalue weighted by molar-refractivity contribution is 0.322. The van der Waals surface area contributed by atoms with Crippen LogP contribution in [0.1, 0.15) is 24.9 Å². The van der Waals surface area contributed by atoms with Crippen LogP contribution in [-0.2, 0) is 0 Å². The Kier molecular flexibility index (Phi) is 4.03. The number of hydrogen-bond donors (Lipinski definition) is 1. The molecule has 0 amide bonds. The number of nitrogens with two attached hydrogens (primary N) is 1. The van der Waals surface area contributed by atoms with Crippen molar-refractivity contribution in [3.8, 4) is 18.1 Å². The molecule has 1 atom stereocenters. The lowest BCUT2D eigenvalue weighted by atomic mass is 10.1. The van der Waals surface area contributed by atoms with Gasteiger partial charge in [0.1, 0.15) is 5.75 Å². The van der Waals surface area contributed by atoms with E-state index in [2.05, 4.69) is 5.92 Å². The fraction of sp³-hybridized carbons (Fsp3) is 0.333. The third-order valence-electron chi connectivity index (χ3n) is 1.91. The van der Waals surface area contributed by atoms with Gasteiger partial charge >= 0.3 is 0 Å². The van der Waals surface area contributed by atoms with Gasteiger partial charge in [0.15, 0.2) is 0 Å². The fourth-order valence-corrected chi connectivity index (χ4v) is 1.21. The monoisotopic (exact) mass is 189 g/mol. The van der Waals surface area contributed by atoms with Gasteiger partial charge < -0.3 is 10.5 Å². The Morgan fingerprint density at radius 1 is 1.50 bits per heavy atom. The molecule has 0 aliphatic rings. The molecule has 0 heterocycles. The van der Waals surface area contributed by atoms with E-state index in [1.165, 1.54) is 0 Å². The van der Waals surface area contributed by atoms with Crippen LogP contribution in [-0.4, -0.2) is 6.61 Å². The summed E-state index contributed by atoms with van der Waals surface area (Å²) in [6.07, 6.45) is 5.75. The van der Waals surface area contributed by atoms with Crippen LogP contribution in [0, 0.1) is 12.3 Å². The number of terminal acetylenes is 1. The summed E-state index contributed by atoms with van der Waals surface area (Å²) in [5.41, 5.74) is 6.82. The zero-order valence-electron chi connectivity index (χ0n) is 8.36. The van der Waals surface area contributed by atoms with Crippen molar-refractivity contribution in [1.29, 1.82) is 0 Å². The maximum absolute atomic E-state index is 5.80. The predicted octanol–water partition coefficient (Wildman–Crippen LogP) is 2.11. The first kappa shape index (κ1) is 10.6. The van der Waals surface area contributed by atoms with Crippen LogP contribution in [0.3, 0.4) is 0 Å². The summed E-state index contributed by atoms with van der Waals surface area (Å²) in [6.45, 7) is 2.48. The van der Waals surface area contributed by atoms with E-state index in [1.54, 1.807) is 0 Å². The van der Waals surface area contributed by atoms with Gasteiger partial charge in [-0.3, -0.25) is 0 Å². The molecular weight excluding hydrogens is 174 g/mol. The van der Waals surface area contributed by atoms with E-state index in [1.807, 2.05) is 31.2 Å². The van der Waals surface area contributed by atoms with E-state index in [9.17, 15) is 0 Å². The van der Waals surface area contributed by atoms with Crippen LogP contribution in [0.25, 0.3) is 0 Å². The molecular formula is C12H15NO. The molecule has 74 valence electrons. The highest BCUT2D eigenvalue weighted by atomic mass is 16.5. The molecule has 14 heavy (non-hydrogen) atoms. The second kappa shape index (κ2) is 5.31. The van der Waals surface area contributed by atoms with Crippen LogP contribution in [0.5, 0.6) is 5.75 Å². The average Bonchev–Trinajstić information content (AvgIpc) is 2.19. The molecule has 0 aliphatic carbocycles. The zero-order valence-corrected chi connectivity index (χ0v) is 8.36. The molecule has 1 aromatic carbocycles. The van der Waals surface area contributed by atoms with Crippen molar-refractivity contribution >= 4 is 0 Å². The molecule has 0 fully saturated rings. The van der Waals surface area contributed by atoms with Crippen LogP contribution < -0.4 is 10.5 Å². The van der Waals surface area contributed by atoms with Gasteiger partial charge in [0.2, 0.25) is 0 Å². The van der Waals surface area contributed by atoms with Gasteiger partial charge in [-0.1, -0.05) is 18.2 Å². The third-order valence-corrected chi connectivity index (χ3v) is 1.91. The van der Waals surface area contributed by atoms with Crippen LogP contribution in [0.15, 0.2) is 24.3 Å². The summed E-state index contributed by atoms with van der Waals surface area (Å²) < 4.78 is 5.52. The van der Waals surface area contributed by atoms with Gasteiger partial charge in [-0.15, -0.1) is 12.3 Å². The van der Waals surface area contributed by atoms with Crippen molar-refractivity contribution in [1.82, 2.24) is 0 Å². The molecule has 0 unspecified atom stereocenters. The number of benzene rings is 1. The van der Waals surface area contributed by atoms with Crippen LogP contribution >= 0.6 is 0 Å². The van der Waals surface area contributed by atoms with Gasteiger partial charge in [-0.25, -0.2) is 0 Å². The number of ether oxygens (including phenoxy) is 1. The van der Waals surface area contributed by atoms with Crippen molar-refractivity contribution in [2.45, 2.75) is 19.4 Å². The average molecular weight is 189 g/mol. The van der Waals surface area contributed by atoms with E-state index >= 15 is 0 Å². The predicted molar refractivity (Wildman–Crippen MR) is 58.0 cm³/mol. The van der Waals surface area contributed by atoms with Crippen molar-refractivity contribution < 1.29 is 4.74 Å². The second-order valence-electron chi connectivity index (χ2n) is 3.13. The first-order chi connectivity index (χ1) is 6.75. The van der Waals surface area contributed by atoms with Crippen molar-refractivity contribution in [3.05, 3.63) is 29.8 Å². The molecule has 0 spiro atoms. The van der Waals surface area contributed by atoms with Crippen LogP contribution in [0.2, 0.25) is 0 Å². The Bertz CT molecular complexity index is 325. The van der Waals surface area contributed by atoms with E-state index in [0.717, 1.165) is 11.3 Å². The van der Waals surface area contributed by atoms with Gasteiger partial charge in [0.05, 0.1) is 6.61 Å². The first-order valence-corrected chi connectivity index (χ1v) is 4.66. The lowest BCUT2D eigenvalue weighted by Crippen LogP contribution is -2.08. The maximum atomic E-state index is 5.80. The Hall–Kier alpha value is -1.46. The summed E-state index contributed by atoms with van der Waals surface area (Å²) in [5.74, 6) is 3.36. The summed E-state index contributed by atoms with van der Waals surface area (Å²) >= 11 is 0. The van der Waals surface area contributed by atoms with E-state index < -0.39 is 0 Å². The topological polar surface area (TPSA) is 35.2 Å². The van der Waals surface area contributed by atoms with E-state index in [4.69, 9.17) is 16.9 Å². The number of hydrogen-bond acceptors (Lipinski definition) is 2. The quantitative estimate of drug-likeness (QED) is 0.581. The minimum absolute atomic E-state index is 0.0166. The summed E-state index contributed by atoms with van der Waals surface area (Å²) in [6, 6.07) is 7.74. The first-order valence-electron chi connectivity index (χ1n) is 4.66. The molecule has 2 heteroatoms. The minimum Gasteiger partial charge on any atom is -0.492 e. The Balaban J connectivity index is 2.70. The molecule has 0 radical (unpaired) electrons. The largest absolute Gasteiger partial charge is 0.492 e. The van der Waals surface area contributed by atoms with E-state index in [0.29, 0.717) is 13.0 Å². The molecule has 0 saturated carbocycles. The van der Waals surface area contributed by atoms with E-state index in [-0.39, 0.29) is 6.04 Å². The Morgan fingerprint density at radius 2 is 2.21 bits per heavy atom. The summed E-state index contributed by atoms with van der Waals surface area (Å²) in [4.78, 5) is 0. The minimum atomic E-state index is -0.0166. The Morgan fingerprint density at radius 3 is 2.86 bits per heavy atom. The number of rotatable bonds is 4. The third kappa shape index (κ3) is 2.79. The zero-order chi connectivity index (χ0) is 10.4. The van der Waals surface area contributed by atoms with Crippen molar-refractivity contribution in [3.63, 3.8) is 0 Å². The highest BCUT2D eigenvalue weighted by molar-refractivity contribution is 5.35. The molecule has 1 rings (SSSR count). The molecule has 0 saturated heterocycles. The van der Waals surface area contributed by atoms with Gasteiger partial charge in [-0.2, -0.15) is 0 Å². The number of para-hydroxylation sites is 1. The second-order valence-corrected chi connectivity index (χ2v) is 3.13. The molecule has 0 aliphatic heterocycles. The standard InChI is InChI=1S/C12H15NO/c1-3-4-9-14-12-8-6-5-7-11(12)10(2)13/h1,5-8,10H,4,9,13H2,2H3/t10-/m1/s1. The van der Waals surface area contributed by atoms with Crippen molar-refractivity contribution in [2.75, 3.05) is 6.61 Å². The summed E-state index contributed by atoms with van der Waals surface area (Å²) in [5, 5.41) is 0. The van der Waals surface area contributed by atoms with Gasteiger partial charge in [0, 0.05) is 18.0 Å². The highest BCUT2D eigenvalue weighted by Crippen LogP contribution is 2.22. The Labute approximate surface area is 85.1 Å². The molecule has 2 nitrogen and oxygen atoms in total.